The summed E-state index contributed by atoms with van der Waals surface area (Å²) in [5, 5.41) is 4.30. The smallest absolute Gasteiger partial charge is 0.264 e. The van der Waals surface area contributed by atoms with Crippen molar-refractivity contribution in [2.75, 3.05) is 16.2 Å². The predicted molar refractivity (Wildman–Crippen MR) is 141 cm³/mol. The fraction of sp³-hybridized carbons (Fsp3) is 0.160. The number of carbonyl (C=O) groups is 1. The van der Waals surface area contributed by atoms with E-state index >= 15 is 0 Å². The average molecular weight is 521 g/mol. The number of sulfonamides is 1. The van der Waals surface area contributed by atoms with Gasteiger partial charge in [0.05, 0.1) is 30.5 Å². The number of amides is 1. The number of hydrogen-bond donors (Lipinski definition) is 1. The van der Waals surface area contributed by atoms with Crippen LogP contribution in [0.2, 0.25) is 0 Å². The van der Waals surface area contributed by atoms with E-state index in [0.29, 0.717) is 17.2 Å². The maximum atomic E-state index is 13.3. The SMILES string of the molecule is Cc1nc2c(ccc3nc(NC(=O)c4ccc(S(=O)(=O)N5CCCc6ccccc65)cc4)sc32)s1. The monoisotopic (exact) mass is 520 g/mol. The van der Waals surface area contributed by atoms with Gasteiger partial charge in [0.15, 0.2) is 5.13 Å². The molecule has 1 amide bonds. The maximum absolute atomic E-state index is 13.3. The van der Waals surface area contributed by atoms with E-state index in [1.807, 2.05) is 43.3 Å². The molecule has 1 aliphatic rings. The number of fused-ring (bicyclic) bond motifs is 4. The summed E-state index contributed by atoms with van der Waals surface area (Å²) < 4.78 is 30.2. The lowest BCUT2D eigenvalue weighted by atomic mass is 10.0. The molecule has 2 aromatic heterocycles. The van der Waals surface area contributed by atoms with Crippen molar-refractivity contribution in [3.05, 3.63) is 76.8 Å². The molecule has 0 aliphatic carbocycles. The number of nitrogens with one attached hydrogen (secondary N) is 1. The van der Waals surface area contributed by atoms with Crippen LogP contribution in [0.25, 0.3) is 20.4 Å². The minimum Gasteiger partial charge on any atom is -0.298 e. The molecule has 0 bridgehead atoms. The van der Waals surface area contributed by atoms with Crippen LogP contribution in [-0.2, 0) is 16.4 Å². The van der Waals surface area contributed by atoms with E-state index in [1.165, 1.54) is 39.9 Å². The summed E-state index contributed by atoms with van der Waals surface area (Å²) in [6, 6.07) is 17.5. The van der Waals surface area contributed by atoms with Gasteiger partial charge in [-0.3, -0.25) is 14.4 Å². The van der Waals surface area contributed by atoms with Gasteiger partial charge in [-0.15, -0.1) is 11.3 Å². The topological polar surface area (TPSA) is 92.3 Å². The zero-order valence-electron chi connectivity index (χ0n) is 18.7. The summed E-state index contributed by atoms with van der Waals surface area (Å²) in [5.74, 6) is -0.345. The third-order valence-corrected chi connectivity index (χ3v) is 9.77. The number of carbonyl (C=O) groups excluding carboxylic acids is 1. The van der Waals surface area contributed by atoms with Crippen molar-refractivity contribution in [3.8, 4) is 0 Å². The molecule has 0 saturated carbocycles. The first kappa shape index (κ1) is 22.1. The van der Waals surface area contributed by atoms with Crippen molar-refractivity contribution >= 4 is 69.9 Å². The molecule has 6 rings (SSSR count). The van der Waals surface area contributed by atoms with Crippen LogP contribution < -0.4 is 9.62 Å². The quantitative estimate of drug-likeness (QED) is 0.333. The Hall–Kier alpha value is -3.34. The molecule has 7 nitrogen and oxygen atoms in total. The first-order valence-electron chi connectivity index (χ1n) is 11.1. The highest BCUT2D eigenvalue weighted by atomic mass is 32.2. The molecule has 0 spiro atoms. The van der Waals surface area contributed by atoms with Crippen molar-refractivity contribution in [3.63, 3.8) is 0 Å². The molecule has 0 unspecified atom stereocenters. The molecule has 0 radical (unpaired) electrons. The summed E-state index contributed by atoms with van der Waals surface area (Å²) in [6.45, 7) is 2.40. The standard InChI is InChI=1S/C25H20N4O3S3/c1-15-26-22-21(33-15)13-12-19-23(22)34-25(27-19)28-24(30)17-8-10-18(11-9-17)35(31,32)29-14-4-6-16-5-2-3-7-20(16)29/h2-3,5,7-13H,4,6,14H2,1H3,(H,27,28,30). The number of aryl methyl sites for hydroxylation is 2. The van der Waals surface area contributed by atoms with E-state index in [0.717, 1.165) is 49.5 Å². The van der Waals surface area contributed by atoms with E-state index < -0.39 is 10.0 Å². The fourth-order valence-electron chi connectivity index (χ4n) is 4.36. The van der Waals surface area contributed by atoms with Crippen molar-refractivity contribution < 1.29 is 13.2 Å². The Kier molecular flexibility index (Phi) is 5.32. The number of aromatic nitrogens is 2. The minimum atomic E-state index is -3.73. The number of rotatable bonds is 4. The predicted octanol–water partition coefficient (Wildman–Crippen LogP) is 5.61. The van der Waals surface area contributed by atoms with Crippen LogP contribution in [0.5, 0.6) is 0 Å². The molecule has 10 heteroatoms. The third kappa shape index (κ3) is 3.87. The Bertz CT molecular complexity index is 1710. The van der Waals surface area contributed by atoms with E-state index in [-0.39, 0.29) is 10.8 Å². The van der Waals surface area contributed by atoms with Gasteiger partial charge in [-0.25, -0.2) is 18.4 Å². The van der Waals surface area contributed by atoms with Crippen molar-refractivity contribution in [2.24, 2.45) is 0 Å². The lowest BCUT2D eigenvalue weighted by Crippen LogP contribution is -2.35. The van der Waals surface area contributed by atoms with Gasteiger partial charge in [-0.05, 0) is 67.8 Å². The number of hydrogen-bond acceptors (Lipinski definition) is 7. The second kappa shape index (κ2) is 8.40. The van der Waals surface area contributed by atoms with Gasteiger partial charge in [-0.1, -0.05) is 29.5 Å². The highest BCUT2D eigenvalue weighted by Crippen LogP contribution is 2.35. The van der Waals surface area contributed by atoms with Crippen LogP contribution >= 0.6 is 22.7 Å². The van der Waals surface area contributed by atoms with Gasteiger partial charge in [0.1, 0.15) is 5.52 Å². The first-order valence-corrected chi connectivity index (χ1v) is 14.2. The van der Waals surface area contributed by atoms with Crippen LogP contribution in [0.15, 0.2) is 65.6 Å². The van der Waals surface area contributed by atoms with Crippen LogP contribution in [0.1, 0.15) is 27.3 Å². The Morgan fingerprint density at radius 1 is 1.00 bits per heavy atom. The van der Waals surface area contributed by atoms with Gasteiger partial charge >= 0.3 is 0 Å². The van der Waals surface area contributed by atoms with E-state index in [9.17, 15) is 13.2 Å². The van der Waals surface area contributed by atoms with Crippen LogP contribution in [0, 0.1) is 6.92 Å². The van der Waals surface area contributed by atoms with Crippen molar-refractivity contribution in [1.29, 1.82) is 0 Å². The molecule has 3 heterocycles. The Balaban J connectivity index is 1.24. The minimum absolute atomic E-state index is 0.159. The second-order valence-corrected chi connectivity index (χ2v) is 12.4. The van der Waals surface area contributed by atoms with Crippen molar-refractivity contribution in [2.45, 2.75) is 24.7 Å². The fourth-order valence-corrected chi connectivity index (χ4v) is 7.76. The number of nitrogens with zero attached hydrogens (tertiary/aromatic N) is 3. The van der Waals surface area contributed by atoms with Crippen LogP contribution in [-0.4, -0.2) is 30.8 Å². The molecular weight excluding hydrogens is 501 g/mol. The highest BCUT2D eigenvalue weighted by Gasteiger charge is 2.29. The molecule has 0 atom stereocenters. The van der Waals surface area contributed by atoms with Crippen LogP contribution in [0.3, 0.4) is 0 Å². The highest BCUT2D eigenvalue weighted by molar-refractivity contribution is 7.92. The van der Waals surface area contributed by atoms with E-state index in [1.54, 1.807) is 11.3 Å². The summed E-state index contributed by atoms with van der Waals surface area (Å²) in [6.07, 6.45) is 1.63. The Morgan fingerprint density at radius 2 is 1.80 bits per heavy atom. The molecule has 1 aliphatic heterocycles. The van der Waals surface area contributed by atoms with Gasteiger partial charge in [0.2, 0.25) is 0 Å². The Labute approximate surface area is 210 Å². The van der Waals surface area contributed by atoms with Gasteiger partial charge < -0.3 is 0 Å². The van der Waals surface area contributed by atoms with Gasteiger partial charge in [0.25, 0.3) is 15.9 Å². The second-order valence-electron chi connectivity index (χ2n) is 8.30. The number of benzene rings is 3. The average Bonchev–Trinajstić information content (AvgIpc) is 3.45. The van der Waals surface area contributed by atoms with Crippen LogP contribution in [0.4, 0.5) is 10.8 Å². The Morgan fingerprint density at radius 3 is 2.63 bits per heavy atom. The molecule has 1 N–H and O–H groups in total. The molecule has 176 valence electrons. The molecule has 0 fully saturated rings. The van der Waals surface area contributed by atoms with Crippen molar-refractivity contribution in [1.82, 2.24) is 9.97 Å². The first-order chi connectivity index (χ1) is 16.9. The zero-order chi connectivity index (χ0) is 24.2. The summed E-state index contributed by atoms with van der Waals surface area (Å²) in [4.78, 5) is 22.1. The molecule has 5 aromatic rings. The van der Waals surface area contributed by atoms with Gasteiger partial charge in [0, 0.05) is 12.1 Å². The summed E-state index contributed by atoms with van der Waals surface area (Å²) in [5.41, 5.74) is 3.79. The molecular formula is C25H20N4O3S3. The molecule has 35 heavy (non-hydrogen) atoms. The number of thiazole rings is 2. The third-order valence-electron chi connectivity index (χ3n) is 6.01. The lowest BCUT2D eigenvalue weighted by molar-refractivity contribution is 0.102. The summed E-state index contributed by atoms with van der Waals surface area (Å²) >= 11 is 3.01. The molecule has 0 saturated heterocycles. The lowest BCUT2D eigenvalue weighted by Gasteiger charge is -2.30. The maximum Gasteiger partial charge on any atom is 0.264 e. The molecule has 3 aromatic carbocycles. The largest absolute Gasteiger partial charge is 0.298 e. The van der Waals surface area contributed by atoms with E-state index in [2.05, 4.69) is 15.3 Å². The van der Waals surface area contributed by atoms with Gasteiger partial charge in [-0.2, -0.15) is 0 Å². The number of anilines is 2. The summed E-state index contributed by atoms with van der Waals surface area (Å²) in [7, 11) is -3.73. The number of para-hydroxylation sites is 1. The zero-order valence-corrected chi connectivity index (χ0v) is 21.1. The van der Waals surface area contributed by atoms with E-state index in [4.69, 9.17) is 0 Å². The normalized spacial score (nSPS) is 13.8.